The molecule has 0 radical (unpaired) electrons. The van der Waals surface area contributed by atoms with Crippen LogP contribution < -0.4 is 10.5 Å². The van der Waals surface area contributed by atoms with Crippen LogP contribution in [-0.2, 0) is 0 Å². The molecule has 0 unspecified atom stereocenters. The smallest absolute Gasteiger partial charge is 0.211 e. The van der Waals surface area contributed by atoms with E-state index in [9.17, 15) is 4.79 Å². The van der Waals surface area contributed by atoms with Crippen LogP contribution in [0.2, 0.25) is 0 Å². The summed E-state index contributed by atoms with van der Waals surface area (Å²) in [4.78, 5) is 16.1. The van der Waals surface area contributed by atoms with Crippen molar-refractivity contribution in [1.29, 1.82) is 0 Å². The first-order valence-electron chi connectivity index (χ1n) is 5.11. The zero-order chi connectivity index (χ0) is 12.3. The number of ketones is 1. The van der Waals surface area contributed by atoms with Crippen LogP contribution in [0.25, 0.3) is 0 Å². The lowest BCUT2D eigenvalue weighted by Crippen LogP contribution is -2.04. The topological polar surface area (TPSA) is 65.2 Å². The molecule has 0 bridgehead atoms. The largest absolute Gasteiger partial charge is 0.497 e. The molecule has 0 fully saturated rings. The second-order valence-electron chi connectivity index (χ2n) is 3.54. The van der Waals surface area contributed by atoms with Crippen LogP contribution in [0.3, 0.4) is 0 Å². The van der Waals surface area contributed by atoms with Crippen LogP contribution in [-0.4, -0.2) is 17.9 Å². The fraction of sp³-hybridized carbons (Fsp3) is 0.0769. The van der Waals surface area contributed by atoms with E-state index in [4.69, 9.17) is 10.5 Å². The Labute approximate surface area is 99.1 Å². The van der Waals surface area contributed by atoms with E-state index in [1.54, 1.807) is 43.5 Å². The van der Waals surface area contributed by atoms with Gasteiger partial charge < -0.3 is 10.5 Å². The van der Waals surface area contributed by atoms with Gasteiger partial charge in [0.2, 0.25) is 5.78 Å². The van der Waals surface area contributed by atoms with Gasteiger partial charge in [0.25, 0.3) is 0 Å². The molecule has 0 saturated carbocycles. The molecular weight excluding hydrogens is 216 g/mol. The lowest BCUT2D eigenvalue weighted by molar-refractivity contribution is 0.103. The zero-order valence-electron chi connectivity index (χ0n) is 9.38. The summed E-state index contributed by atoms with van der Waals surface area (Å²) in [5.74, 6) is 0.496. The molecule has 1 heterocycles. The first-order valence-corrected chi connectivity index (χ1v) is 5.11. The Morgan fingerprint density at radius 1 is 1.29 bits per heavy atom. The number of anilines is 1. The lowest BCUT2D eigenvalue weighted by atomic mass is 10.1. The molecule has 0 aliphatic carbocycles. The molecule has 86 valence electrons. The van der Waals surface area contributed by atoms with E-state index < -0.39 is 0 Å². The number of nitrogens with two attached hydrogens (primary N) is 1. The van der Waals surface area contributed by atoms with Crippen molar-refractivity contribution in [3.8, 4) is 5.75 Å². The Morgan fingerprint density at radius 2 is 2.12 bits per heavy atom. The number of nitrogens with zero attached hydrogens (tertiary/aromatic N) is 1. The van der Waals surface area contributed by atoms with E-state index in [1.165, 1.54) is 6.20 Å². The number of carbonyl (C=O) groups is 1. The van der Waals surface area contributed by atoms with Gasteiger partial charge in [0, 0.05) is 5.56 Å². The fourth-order valence-electron chi connectivity index (χ4n) is 1.45. The van der Waals surface area contributed by atoms with E-state index in [-0.39, 0.29) is 5.78 Å². The minimum atomic E-state index is -0.149. The Bertz CT molecular complexity index is 535. The van der Waals surface area contributed by atoms with E-state index in [2.05, 4.69) is 4.98 Å². The SMILES string of the molecule is COc1cccc(C(=O)c2ccc(N)cn2)c1. The normalized spacial score (nSPS) is 9.94. The molecule has 4 nitrogen and oxygen atoms in total. The Hall–Kier alpha value is -2.36. The van der Waals surface area contributed by atoms with E-state index in [0.29, 0.717) is 22.7 Å². The van der Waals surface area contributed by atoms with Gasteiger partial charge in [-0.1, -0.05) is 12.1 Å². The van der Waals surface area contributed by atoms with Crippen molar-refractivity contribution >= 4 is 11.5 Å². The molecule has 2 aromatic rings. The number of ether oxygens (including phenoxy) is 1. The molecular formula is C13H12N2O2. The maximum atomic E-state index is 12.1. The van der Waals surface area contributed by atoms with Crippen LogP contribution in [0.5, 0.6) is 5.75 Å². The standard InChI is InChI=1S/C13H12N2O2/c1-17-11-4-2-3-9(7-11)13(16)12-6-5-10(14)8-15-12/h2-8H,14H2,1H3. The highest BCUT2D eigenvalue weighted by atomic mass is 16.5. The van der Waals surface area contributed by atoms with Crippen LogP contribution in [0.15, 0.2) is 42.6 Å². The van der Waals surface area contributed by atoms with Gasteiger partial charge in [-0.05, 0) is 24.3 Å². The van der Waals surface area contributed by atoms with Crippen molar-refractivity contribution in [3.05, 3.63) is 53.9 Å². The van der Waals surface area contributed by atoms with Crippen molar-refractivity contribution in [2.24, 2.45) is 0 Å². The Kier molecular flexibility index (Phi) is 3.05. The summed E-state index contributed by atoms with van der Waals surface area (Å²) in [6.07, 6.45) is 1.47. The molecule has 0 spiro atoms. The Balaban J connectivity index is 2.33. The molecule has 0 saturated heterocycles. The van der Waals surface area contributed by atoms with Crippen molar-refractivity contribution < 1.29 is 9.53 Å². The third kappa shape index (κ3) is 2.42. The van der Waals surface area contributed by atoms with Gasteiger partial charge >= 0.3 is 0 Å². The molecule has 17 heavy (non-hydrogen) atoms. The highest BCUT2D eigenvalue weighted by molar-refractivity contribution is 6.07. The number of aromatic nitrogens is 1. The van der Waals surface area contributed by atoms with Crippen molar-refractivity contribution in [1.82, 2.24) is 4.98 Å². The summed E-state index contributed by atoms with van der Waals surface area (Å²) < 4.78 is 5.07. The number of hydrogen-bond donors (Lipinski definition) is 1. The molecule has 0 aliphatic heterocycles. The van der Waals surface area contributed by atoms with Crippen LogP contribution in [0, 0.1) is 0 Å². The monoisotopic (exact) mass is 228 g/mol. The Morgan fingerprint density at radius 3 is 2.76 bits per heavy atom. The van der Waals surface area contributed by atoms with Crippen LogP contribution in [0.1, 0.15) is 16.1 Å². The second-order valence-corrected chi connectivity index (χ2v) is 3.54. The molecule has 1 aromatic heterocycles. The number of benzene rings is 1. The summed E-state index contributed by atoms with van der Waals surface area (Å²) in [5.41, 5.74) is 6.96. The van der Waals surface area contributed by atoms with Gasteiger partial charge in [0.1, 0.15) is 11.4 Å². The van der Waals surface area contributed by atoms with Gasteiger partial charge in [0.15, 0.2) is 0 Å². The second kappa shape index (κ2) is 4.65. The van der Waals surface area contributed by atoms with Gasteiger partial charge in [-0.25, -0.2) is 0 Å². The number of carbonyl (C=O) groups excluding carboxylic acids is 1. The summed E-state index contributed by atoms with van der Waals surface area (Å²) in [5, 5.41) is 0. The molecule has 0 atom stereocenters. The minimum absolute atomic E-state index is 0.149. The third-order valence-electron chi connectivity index (χ3n) is 2.35. The number of hydrogen-bond acceptors (Lipinski definition) is 4. The quantitative estimate of drug-likeness (QED) is 0.815. The average Bonchev–Trinajstić information content (AvgIpc) is 2.39. The van der Waals surface area contributed by atoms with Crippen LogP contribution in [0.4, 0.5) is 5.69 Å². The lowest BCUT2D eigenvalue weighted by Gasteiger charge is -2.03. The van der Waals surface area contributed by atoms with Crippen molar-refractivity contribution in [2.75, 3.05) is 12.8 Å². The predicted octanol–water partition coefficient (Wildman–Crippen LogP) is 1.90. The molecule has 1 aromatic carbocycles. The van der Waals surface area contributed by atoms with Crippen LogP contribution >= 0.6 is 0 Å². The fourth-order valence-corrected chi connectivity index (χ4v) is 1.45. The third-order valence-corrected chi connectivity index (χ3v) is 2.35. The minimum Gasteiger partial charge on any atom is -0.497 e. The highest BCUT2D eigenvalue weighted by Crippen LogP contribution is 2.15. The maximum absolute atomic E-state index is 12.1. The molecule has 2 rings (SSSR count). The number of pyridine rings is 1. The van der Waals surface area contributed by atoms with Gasteiger partial charge in [-0.2, -0.15) is 0 Å². The number of nitrogen functional groups attached to an aromatic ring is 1. The molecule has 0 aliphatic rings. The van der Waals surface area contributed by atoms with Gasteiger partial charge in [0.05, 0.1) is 19.0 Å². The summed E-state index contributed by atoms with van der Waals surface area (Å²) >= 11 is 0. The van der Waals surface area contributed by atoms with E-state index in [1.807, 2.05) is 0 Å². The first kappa shape index (κ1) is 11.1. The highest BCUT2D eigenvalue weighted by Gasteiger charge is 2.10. The number of rotatable bonds is 3. The summed E-state index contributed by atoms with van der Waals surface area (Å²) in [6.45, 7) is 0. The van der Waals surface area contributed by atoms with E-state index in [0.717, 1.165) is 0 Å². The first-order chi connectivity index (χ1) is 8.20. The predicted molar refractivity (Wildman–Crippen MR) is 65.1 cm³/mol. The summed E-state index contributed by atoms with van der Waals surface area (Å²) in [6, 6.07) is 10.2. The maximum Gasteiger partial charge on any atom is 0.211 e. The summed E-state index contributed by atoms with van der Waals surface area (Å²) in [7, 11) is 1.56. The molecule has 0 amide bonds. The van der Waals surface area contributed by atoms with E-state index >= 15 is 0 Å². The average molecular weight is 228 g/mol. The molecule has 2 N–H and O–H groups in total. The van der Waals surface area contributed by atoms with Gasteiger partial charge in [-0.15, -0.1) is 0 Å². The van der Waals surface area contributed by atoms with Crippen molar-refractivity contribution in [3.63, 3.8) is 0 Å². The molecule has 4 heteroatoms. The van der Waals surface area contributed by atoms with Gasteiger partial charge in [-0.3, -0.25) is 9.78 Å². The van der Waals surface area contributed by atoms with Crippen molar-refractivity contribution in [2.45, 2.75) is 0 Å². The zero-order valence-corrected chi connectivity index (χ0v) is 9.38. The number of methoxy groups -OCH3 is 1.